The molecule has 0 radical (unpaired) electrons. The molecular formula is C10H16N2O2. The first-order valence-corrected chi connectivity index (χ1v) is 4.99. The summed E-state index contributed by atoms with van der Waals surface area (Å²) in [7, 11) is 1.70. The maximum Gasteiger partial charge on any atom is 0.132 e. The summed E-state index contributed by atoms with van der Waals surface area (Å²) in [6, 6.07) is 0. The quantitative estimate of drug-likeness (QED) is 0.796. The van der Waals surface area contributed by atoms with Gasteiger partial charge in [-0.15, -0.1) is 0 Å². The van der Waals surface area contributed by atoms with E-state index in [0.29, 0.717) is 6.61 Å². The minimum Gasteiger partial charge on any atom is -0.381 e. The average molecular weight is 196 g/mol. The van der Waals surface area contributed by atoms with Gasteiger partial charge in [0.25, 0.3) is 0 Å². The van der Waals surface area contributed by atoms with Crippen molar-refractivity contribution in [3.63, 3.8) is 0 Å². The summed E-state index contributed by atoms with van der Waals surface area (Å²) in [4.78, 5) is 7.15. The van der Waals surface area contributed by atoms with E-state index in [1.54, 1.807) is 13.4 Å². The number of ether oxygens (including phenoxy) is 2. The Labute approximate surface area is 83.6 Å². The fourth-order valence-electron chi connectivity index (χ4n) is 1.99. The highest BCUT2D eigenvalue weighted by molar-refractivity contribution is 5.10. The summed E-state index contributed by atoms with van der Waals surface area (Å²) >= 11 is 0. The van der Waals surface area contributed by atoms with Gasteiger partial charge in [0.1, 0.15) is 5.60 Å². The molecule has 1 aromatic heterocycles. The van der Waals surface area contributed by atoms with E-state index < -0.39 is 0 Å². The molecular weight excluding hydrogens is 180 g/mol. The Morgan fingerprint density at radius 1 is 1.64 bits per heavy atom. The Balaban J connectivity index is 2.20. The molecule has 78 valence electrons. The third-order valence-corrected chi connectivity index (χ3v) is 2.72. The molecule has 1 aliphatic heterocycles. The third-order valence-electron chi connectivity index (χ3n) is 2.72. The van der Waals surface area contributed by atoms with Crippen molar-refractivity contribution >= 4 is 0 Å². The maximum atomic E-state index is 5.85. The highest BCUT2D eigenvalue weighted by Gasteiger charge is 2.36. The molecule has 1 aliphatic rings. The predicted molar refractivity (Wildman–Crippen MR) is 51.9 cm³/mol. The molecule has 1 unspecified atom stereocenters. The van der Waals surface area contributed by atoms with Crippen molar-refractivity contribution in [2.45, 2.75) is 24.9 Å². The second kappa shape index (κ2) is 4.11. The highest BCUT2D eigenvalue weighted by atomic mass is 16.5. The number of hydrogen-bond donors (Lipinski definition) is 1. The molecule has 0 saturated carbocycles. The Bertz CT molecular complexity index is 260. The second-order valence-electron chi connectivity index (χ2n) is 3.70. The molecule has 0 aromatic carbocycles. The molecule has 0 aliphatic carbocycles. The van der Waals surface area contributed by atoms with Crippen molar-refractivity contribution in [1.82, 2.24) is 9.97 Å². The molecule has 4 heteroatoms. The van der Waals surface area contributed by atoms with E-state index in [0.717, 1.165) is 25.1 Å². The number of imidazole rings is 1. The first-order chi connectivity index (χ1) is 6.87. The van der Waals surface area contributed by atoms with Crippen LogP contribution in [-0.2, 0) is 15.1 Å². The molecule has 1 aromatic rings. The zero-order chi connectivity index (χ0) is 9.86. The molecule has 1 N–H and O–H groups in total. The number of aromatic nitrogens is 2. The predicted octanol–water partition coefficient (Wildman–Crippen LogP) is 1.45. The van der Waals surface area contributed by atoms with E-state index in [-0.39, 0.29) is 5.60 Å². The topological polar surface area (TPSA) is 47.1 Å². The van der Waals surface area contributed by atoms with Crippen LogP contribution in [0.4, 0.5) is 0 Å². The largest absolute Gasteiger partial charge is 0.381 e. The summed E-state index contributed by atoms with van der Waals surface area (Å²) in [6.45, 7) is 1.40. The van der Waals surface area contributed by atoms with E-state index >= 15 is 0 Å². The minimum atomic E-state index is -0.288. The van der Waals surface area contributed by atoms with Crippen molar-refractivity contribution in [2.75, 3.05) is 20.3 Å². The van der Waals surface area contributed by atoms with Crippen LogP contribution in [-0.4, -0.2) is 30.3 Å². The summed E-state index contributed by atoms with van der Waals surface area (Å²) in [5, 5.41) is 0. The van der Waals surface area contributed by atoms with E-state index in [9.17, 15) is 0 Å². The number of hydrogen-bond acceptors (Lipinski definition) is 3. The Kier molecular flexibility index (Phi) is 2.84. The number of aromatic amines is 1. The van der Waals surface area contributed by atoms with Gasteiger partial charge >= 0.3 is 0 Å². The SMILES string of the molecule is COCC1(c2cnc[nH]2)CCCCO1. The number of nitrogens with one attached hydrogen (secondary N) is 1. The first-order valence-electron chi connectivity index (χ1n) is 4.99. The van der Waals surface area contributed by atoms with Crippen molar-refractivity contribution < 1.29 is 9.47 Å². The van der Waals surface area contributed by atoms with Gasteiger partial charge in [0, 0.05) is 13.7 Å². The molecule has 4 nitrogen and oxygen atoms in total. The molecule has 1 fully saturated rings. The molecule has 1 saturated heterocycles. The van der Waals surface area contributed by atoms with Crippen LogP contribution < -0.4 is 0 Å². The lowest BCUT2D eigenvalue weighted by Gasteiger charge is -2.35. The Morgan fingerprint density at radius 2 is 2.57 bits per heavy atom. The van der Waals surface area contributed by atoms with Crippen LogP contribution in [0.25, 0.3) is 0 Å². The van der Waals surface area contributed by atoms with Crippen molar-refractivity contribution in [1.29, 1.82) is 0 Å². The molecule has 0 amide bonds. The lowest BCUT2D eigenvalue weighted by molar-refractivity contribution is -0.124. The summed E-state index contributed by atoms with van der Waals surface area (Å²) < 4.78 is 11.1. The molecule has 2 heterocycles. The van der Waals surface area contributed by atoms with Crippen LogP contribution in [0, 0.1) is 0 Å². The van der Waals surface area contributed by atoms with Crippen molar-refractivity contribution in [3.05, 3.63) is 18.2 Å². The average Bonchev–Trinajstić information content (AvgIpc) is 2.73. The maximum absolute atomic E-state index is 5.85. The van der Waals surface area contributed by atoms with Crippen LogP contribution in [0.5, 0.6) is 0 Å². The van der Waals surface area contributed by atoms with Gasteiger partial charge in [0.15, 0.2) is 0 Å². The van der Waals surface area contributed by atoms with Crippen LogP contribution in [0.1, 0.15) is 25.0 Å². The van der Waals surface area contributed by atoms with Gasteiger partial charge in [-0.3, -0.25) is 0 Å². The van der Waals surface area contributed by atoms with E-state index in [1.807, 2.05) is 6.20 Å². The minimum absolute atomic E-state index is 0.288. The van der Waals surface area contributed by atoms with Gasteiger partial charge in [0.05, 0.1) is 24.8 Å². The van der Waals surface area contributed by atoms with Gasteiger partial charge in [-0.2, -0.15) is 0 Å². The Hall–Kier alpha value is -0.870. The third kappa shape index (κ3) is 1.67. The molecule has 0 bridgehead atoms. The summed E-state index contributed by atoms with van der Waals surface area (Å²) in [6.07, 6.45) is 6.83. The molecule has 2 rings (SSSR count). The normalized spacial score (nSPS) is 27.8. The van der Waals surface area contributed by atoms with Gasteiger partial charge in [-0.1, -0.05) is 0 Å². The number of rotatable bonds is 3. The monoisotopic (exact) mass is 196 g/mol. The molecule has 1 atom stereocenters. The van der Waals surface area contributed by atoms with Gasteiger partial charge in [0.2, 0.25) is 0 Å². The molecule has 14 heavy (non-hydrogen) atoms. The van der Waals surface area contributed by atoms with E-state index in [4.69, 9.17) is 9.47 Å². The highest BCUT2D eigenvalue weighted by Crippen LogP contribution is 2.33. The lowest BCUT2D eigenvalue weighted by atomic mass is 9.92. The van der Waals surface area contributed by atoms with Gasteiger partial charge in [-0.05, 0) is 19.3 Å². The van der Waals surface area contributed by atoms with Gasteiger partial charge < -0.3 is 14.5 Å². The first kappa shape index (κ1) is 9.68. The van der Waals surface area contributed by atoms with Crippen LogP contribution in [0.2, 0.25) is 0 Å². The van der Waals surface area contributed by atoms with Crippen molar-refractivity contribution in [2.24, 2.45) is 0 Å². The van der Waals surface area contributed by atoms with Crippen molar-refractivity contribution in [3.8, 4) is 0 Å². The van der Waals surface area contributed by atoms with Gasteiger partial charge in [-0.25, -0.2) is 4.98 Å². The summed E-state index contributed by atoms with van der Waals surface area (Å²) in [5.41, 5.74) is 0.739. The fraction of sp³-hybridized carbons (Fsp3) is 0.700. The number of methoxy groups -OCH3 is 1. The second-order valence-corrected chi connectivity index (χ2v) is 3.70. The van der Waals surface area contributed by atoms with Crippen LogP contribution in [0.15, 0.2) is 12.5 Å². The zero-order valence-electron chi connectivity index (χ0n) is 8.45. The summed E-state index contributed by atoms with van der Waals surface area (Å²) in [5.74, 6) is 0. The standard InChI is InChI=1S/C10H16N2O2/c1-13-7-10(4-2-3-5-14-10)9-6-11-8-12-9/h6,8H,2-5,7H2,1H3,(H,11,12). The Morgan fingerprint density at radius 3 is 3.14 bits per heavy atom. The van der Waals surface area contributed by atoms with E-state index in [2.05, 4.69) is 9.97 Å². The fourth-order valence-corrected chi connectivity index (χ4v) is 1.99. The smallest absolute Gasteiger partial charge is 0.132 e. The molecule has 0 spiro atoms. The van der Waals surface area contributed by atoms with E-state index in [1.165, 1.54) is 6.42 Å². The zero-order valence-corrected chi connectivity index (χ0v) is 8.45. The number of H-pyrrole nitrogens is 1. The van der Waals surface area contributed by atoms with Crippen LogP contribution in [0.3, 0.4) is 0 Å². The van der Waals surface area contributed by atoms with Crippen LogP contribution >= 0.6 is 0 Å². The number of nitrogens with zero attached hydrogens (tertiary/aromatic N) is 1. The lowest BCUT2D eigenvalue weighted by Crippen LogP contribution is -2.38.